The van der Waals surface area contributed by atoms with Crippen molar-refractivity contribution in [3.8, 4) is 0 Å². The first-order chi connectivity index (χ1) is 10.6. The smallest absolute Gasteiger partial charge is 0.227 e. The second-order valence-corrected chi connectivity index (χ2v) is 6.20. The summed E-state index contributed by atoms with van der Waals surface area (Å²) in [6, 6.07) is 8.01. The number of hydrogen-bond donors (Lipinski definition) is 1. The molecule has 1 heterocycles. The van der Waals surface area contributed by atoms with Gasteiger partial charge in [0, 0.05) is 51.3 Å². The van der Waals surface area contributed by atoms with Gasteiger partial charge in [-0.2, -0.15) is 0 Å². The highest BCUT2D eigenvalue weighted by Crippen LogP contribution is 2.30. The molecule has 0 bridgehead atoms. The van der Waals surface area contributed by atoms with Gasteiger partial charge in [0.05, 0.1) is 0 Å². The lowest BCUT2D eigenvalue weighted by Crippen LogP contribution is -2.47. The monoisotopic (exact) mass is 301 g/mol. The lowest BCUT2D eigenvalue weighted by Gasteiger charge is -2.34. The van der Waals surface area contributed by atoms with E-state index in [0.29, 0.717) is 0 Å². The highest BCUT2D eigenvalue weighted by molar-refractivity contribution is 5.94. The molecule has 0 spiro atoms. The van der Waals surface area contributed by atoms with E-state index < -0.39 is 0 Å². The van der Waals surface area contributed by atoms with Gasteiger partial charge in [-0.3, -0.25) is 14.5 Å². The molecule has 1 aliphatic heterocycles. The van der Waals surface area contributed by atoms with Gasteiger partial charge in [0.2, 0.25) is 11.8 Å². The number of carbonyl (C=O) groups excluding carboxylic acids is 2. The Bertz CT molecular complexity index is 561. The fourth-order valence-electron chi connectivity index (χ4n) is 2.82. The number of carbonyl (C=O) groups is 2. The molecular formula is C17H23N3O2. The SMILES string of the molecule is CC(=O)N1CCN(Cc2ccccc2NC(=O)C2CC2)CC1. The van der Waals surface area contributed by atoms with E-state index in [1.165, 1.54) is 0 Å². The Kier molecular flexibility index (Phi) is 4.43. The van der Waals surface area contributed by atoms with Gasteiger partial charge in [-0.1, -0.05) is 18.2 Å². The summed E-state index contributed by atoms with van der Waals surface area (Å²) in [5.41, 5.74) is 2.07. The third kappa shape index (κ3) is 3.65. The molecule has 5 heteroatoms. The largest absolute Gasteiger partial charge is 0.340 e. The lowest BCUT2D eigenvalue weighted by molar-refractivity contribution is -0.130. The Hall–Kier alpha value is -1.88. The van der Waals surface area contributed by atoms with E-state index in [2.05, 4.69) is 16.3 Å². The van der Waals surface area contributed by atoms with Gasteiger partial charge < -0.3 is 10.2 Å². The maximum absolute atomic E-state index is 12.0. The van der Waals surface area contributed by atoms with Crippen molar-refractivity contribution in [3.63, 3.8) is 0 Å². The maximum atomic E-state index is 12.0. The van der Waals surface area contributed by atoms with E-state index in [1.54, 1.807) is 6.92 Å². The summed E-state index contributed by atoms with van der Waals surface area (Å²) in [7, 11) is 0. The van der Waals surface area contributed by atoms with Crippen LogP contribution in [0.2, 0.25) is 0 Å². The Morgan fingerprint density at radius 3 is 2.45 bits per heavy atom. The van der Waals surface area contributed by atoms with Crippen molar-refractivity contribution in [2.24, 2.45) is 5.92 Å². The number of nitrogens with zero attached hydrogens (tertiary/aromatic N) is 2. The van der Waals surface area contributed by atoms with Gasteiger partial charge in [0.1, 0.15) is 0 Å². The molecule has 1 saturated heterocycles. The first-order valence-electron chi connectivity index (χ1n) is 8.00. The molecule has 0 aromatic heterocycles. The number of amides is 2. The van der Waals surface area contributed by atoms with Crippen LogP contribution in [0.3, 0.4) is 0 Å². The van der Waals surface area contributed by atoms with Gasteiger partial charge in [0.25, 0.3) is 0 Å². The first-order valence-corrected chi connectivity index (χ1v) is 8.00. The topological polar surface area (TPSA) is 52.7 Å². The highest BCUT2D eigenvalue weighted by Gasteiger charge is 2.30. The number of nitrogens with one attached hydrogen (secondary N) is 1. The maximum Gasteiger partial charge on any atom is 0.227 e. The predicted octanol–water partition coefficient (Wildman–Crippen LogP) is 1.70. The molecule has 5 nitrogen and oxygen atoms in total. The zero-order valence-corrected chi connectivity index (χ0v) is 13.0. The lowest BCUT2D eigenvalue weighted by atomic mass is 10.1. The van der Waals surface area contributed by atoms with Crippen LogP contribution in [0.4, 0.5) is 5.69 Å². The summed E-state index contributed by atoms with van der Waals surface area (Å²) >= 11 is 0. The van der Waals surface area contributed by atoms with Gasteiger partial charge in [-0.15, -0.1) is 0 Å². The number of benzene rings is 1. The second-order valence-electron chi connectivity index (χ2n) is 6.20. The van der Waals surface area contributed by atoms with E-state index in [0.717, 1.165) is 56.8 Å². The van der Waals surface area contributed by atoms with Crippen molar-refractivity contribution < 1.29 is 9.59 Å². The average molecular weight is 301 g/mol. The van der Waals surface area contributed by atoms with Crippen LogP contribution in [0, 0.1) is 5.92 Å². The molecule has 1 saturated carbocycles. The molecule has 1 aromatic rings. The van der Waals surface area contributed by atoms with E-state index in [-0.39, 0.29) is 17.7 Å². The summed E-state index contributed by atoms with van der Waals surface area (Å²) in [6.07, 6.45) is 2.03. The fraction of sp³-hybridized carbons (Fsp3) is 0.529. The van der Waals surface area contributed by atoms with E-state index in [4.69, 9.17) is 0 Å². The summed E-state index contributed by atoms with van der Waals surface area (Å²) in [4.78, 5) is 27.6. The van der Waals surface area contributed by atoms with Gasteiger partial charge in [-0.25, -0.2) is 0 Å². The number of piperazine rings is 1. The highest BCUT2D eigenvalue weighted by atomic mass is 16.2. The Morgan fingerprint density at radius 1 is 1.14 bits per heavy atom. The van der Waals surface area contributed by atoms with Crippen LogP contribution in [-0.4, -0.2) is 47.8 Å². The molecule has 118 valence electrons. The molecule has 2 fully saturated rings. The Morgan fingerprint density at radius 2 is 1.82 bits per heavy atom. The molecular weight excluding hydrogens is 278 g/mol. The van der Waals surface area contributed by atoms with Gasteiger partial charge in [-0.05, 0) is 24.5 Å². The second kappa shape index (κ2) is 6.48. The third-order valence-electron chi connectivity index (χ3n) is 4.43. The van der Waals surface area contributed by atoms with Crippen LogP contribution in [-0.2, 0) is 16.1 Å². The summed E-state index contributed by atoms with van der Waals surface area (Å²) < 4.78 is 0. The molecule has 0 atom stereocenters. The van der Waals surface area contributed by atoms with Crippen LogP contribution in [0.1, 0.15) is 25.3 Å². The van der Waals surface area contributed by atoms with E-state index >= 15 is 0 Å². The average Bonchev–Trinajstić information content (AvgIpc) is 3.34. The molecule has 1 N–H and O–H groups in total. The molecule has 2 aliphatic rings. The first kappa shape index (κ1) is 15.0. The standard InChI is InChI=1S/C17H23N3O2/c1-13(21)20-10-8-19(9-11-20)12-15-4-2-3-5-16(15)18-17(22)14-6-7-14/h2-5,14H,6-12H2,1H3,(H,18,22). The minimum absolute atomic E-state index is 0.147. The van der Waals surface area contributed by atoms with Crippen LogP contribution < -0.4 is 5.32 Å². The van der Waals surface area contributed by atoms with Crippen molar-refractivity contribution in [2.75, 3.05) is 31.5 Å². The van der Waals surface area contributed by atoms with Crippen LogP contribution >= 0.6 is 0 Å². The third-order valence-corrected chi connectivity index (χ3v) is 4.43. The molecule has 1 aromatic carbocycles. The van der Waals surface area contributed by atoms with Crippen molar-refractivity contribution >= 4 is 17.5 Å². The van der Waals surface area contributed by atoms with Crippen LogP contribution in [0.5, 0.6) is 0 Å². The van der Waals surface area contributed by atoms with Crippen molar-refractivity contribution in [3.05, 3.63) is 29.8 Å². The molecule has 2 amide bonds. The number of anilines is 1. The Balaban J connectivity index is 1.60. The number of rotatable bonds is 4. The van der Waals surface area contributed by atoms with Gasteiger partial charge in [0.15, 0.2) is 0 Å². The molecule has 1 aliphatic carbocycles. The van der Waals surface area contributed by atoms with E-state index in [9.17, 15) is 9.59 Å². The molecule has 22 heavy (non-hydrogen) atoms. The zero-order valence-electron chi connectivity index (χ0n) is 13.0. The van der Waals surface area contributed by atoms with Crippen LogP contribution in [0.25, 0.3) is 0 Å². The van der Waals surface area contributed by atoms with Gasteiger partial charge >= 0.3 is 0 Å². The summed E-state index contributed by atoms with van der Waals surface area (Å²) in [5.74, 6) is 0.512. The summed E-state index contributed by atoms with van der Waals surface area (Å²) in [6.45, 7) is 5.76. The molecule has 0 unspecified atom stereocenters. The Labute approximate surface area is 131 Å². The number of hydrogen-bond acceptors (Lipinski definition) is 3. The molecule has 3 rings (SSSR count). The minimum Gasteiger partial charge on any atom is -0.340 e. The summed E-state index contributed by atoms with van der Waals surface area (Å²) in [5, 5.41) is 3.06. The predicted molar refractivity (Wildman–Crippen MR) is 85.3 cm³/mol. The zero-order chi connectivity index (χ0) is 15.5. The quantitative estimate of drug-likeness (QED) is 0.921. The van der Waals surface area contributed by atoms with Crippen molar-refractivity contribution in [1.82, 2.24) is 9.80 Å². The fourth-order valence-corrected chi connectivity index (χ4v) is 2.82. The molecule has 0 radical (unpaired) electrons. The van der Waals surface area contributed by atoms with Crippen molar-refractivity contribution in [1.29, 1.82) is 0 Å². The normalized spacial score (nSPS) is 19.0. The minimum atomic E-state index is 0.147. The van der Waals surface area contributed by atoms with E-state index in [1.807, 2.05) is 23.1 Å². The van der Waals surface area contributed by atoms with Crippen molar-refractivity contribution in [2.45, 2.75) is 26.3 Å². The van der Waals surface area contributed by atoms with Crippen LogP contribution in [0.15, 0.2) is 24.3 Å². The number of para-hydroxylation sites is 1.